The van der Waals surface area contributed by atoms with Crippen molar-refractivity contribution in [3.8, 4) is 0 Å². The van der Waals surface area contributed by atoms with Gasteiger partial charge in [0, 0.05) is 29.9 Å². The zero-order valence-electron chi connectivity index (χ0n) is 16.7. The van der Waals surface area contributed by atoms with E-state index in [2.05, 4.69) is 17.6 Å². The molecule has 2 aromatic rings. The van der Waals surface area contributed by atoms with Gasteiger partial charge in [-0.05, 0) is 55.7 Å². The van der Waals surface area contributed by atoms with Crippen molar-refractivity contribution in [3.63, 3.8) is 0 Å². The largest absolute Gasteiger partial charge is 0.354 e. The summed E-state index contributed by atoms with van der Waals surface area (Å²) in [5.41, 5.74) is 1.70. The van der Waals surface area contributed by atoms with E-state index in [-0.39, 0.29) is 17.7 Å². The molecule has 1 heterocycles. The molecule has 1 saturated heterocycles. The first-order valence-corrected chi connectivity index (χ1v) is 10.2. The van der Waals surface area contributed by atoms with Crippen LogP contribution in [0, 0.1) is 0 Å². The second kappa shape index (κ2) is 9.87. The van der Waals surface area contributed by atoms with E-state index in [9.17, 15) is 14.4 Å². The van der Waals surface area contributed by atoms with Crippen LogP contribution in [0.15, 0.2) is 54.6 Å². The summed E-state index contributed by atoms with van der Waals surface area (Å²) < 4.78 is 0. The molecule has 3 amide bonds. The molecule has 2 aromatic carbocycles. The Morgan fingerprint density at radius 1 is 1.00 bits per heavy atom. The highest BCUT2D eigenvalue weighted by molar-refractivity contribution is 6.04. The smallest absolute Gasteiger partial charge is 0.255 e. The number of hydrogen-bond donors (Lipinski definition) is 2. The van der Waals surface area contributed by atoms with Crippen molar-refractivity contribution in [3.05, 3.63) is 65.7 Å². The van der Waals surface area contributed by atoms with E-state index in [0.29, 0.717) is 36.3 Å². The average Bonchev–Trinajstić information content (AvgIpc) is 3.24. The van der Waals surface area contributed by atoms with E-state index in [1.165, 1.54) is 0 Å². The summed E-state index contributed by atoms with van der Waals surface area (Å²) in [5.74, 6) is -0.428. The van der Waals surface area contributed by atoms with E-state index in [1.54, 1.807) is 41.3 Å². The summed E-state index contributed by atoms with van der Waals surface area (Å²) >= 11 is 0. The van der Waals surface area contributed by atoms with Gasteiger partial charge in [0.25, 0.3) is 11.8 Å². The molecule has 0 radical (unpaired) electrons. The van der Waals surface area contributed by atoms with Gasteiger partial charge in [-0.15, -0.1) is 0 Å². The zero-order chi connectivity index (χ0) is 20.6. The molecule has 152 valence electrons. The molecular formula is C23H27N3O3. The zero-order valence-corrected chi connectivity index (χ0v) is 16.7. The van der Waals surface area contributed by atoms with Crippen molar-refractivity contribution in [2.24, 2.45) is 0 Å². The van der Waals surface area contributed by atoms with Crippen molar-refractivity contribution in [1.29, 1.82) is 0 Å². The van der Waals surface area contributed by atoms with Crippen LogP contribution in [0.4, 0.5) is 5.69 Å². The number of carbonyl (C=O) groups excluding carboxylic acids is 3. The normalized spacial score (nSPS) is 15.8. The van der Waals surface area contributed by atoms with Crippen LogP contribution in [0.3, 0.4) is 0 Å². The number of hydrogen-bond acceptors (Lipinski definition) is 3. The first-order valence-electron chi connectivity index (χ1n) is 10.2. The van der Waals surface area contributed by atoms with Gasteiger partial charge >= 0.3 is 0 Å². The molecule has 0 saturated carbocycles. The molecule has 0 bridgehead atoms. The molecule has 0 unspecified atom stereocenters. The Hall–Kier alpha value is -3.15. The molecule has 1 aliphatic rings. The van der Waals surface area contributed by atoms with Gasteiger partial charge in [0.15, 0.2) is 0 Å². The lowest BCUT2D eigenvalue weighted by atomic mass is 10.1. The van der Waals surface area contributed by atoms with Crippen molar-refractivity contribution in [2.75, 3.05) is 18.4 Å². The molecule has 0 spiro atoms. The fraction of sp³-hybridized carbons (Fsp3) is 0.348. The van der Waals surface area contributed by atoms with Crippen LogP contribution in [0.2, 0.25) is 0 Å². The molecular weight excluding hydrogens is 366 g/mol. The highest BCUT2D eigenvalue weighted by Crippen LogP contribution is 2.21. The highest BCUT2D eigenvalue weighted by Gasteiger charge is 2.34. The van der Waals surface area contributed by atoms with Crippen molar-refractivity contribution < 1.29 is 14.4 Å². The molecule has 6 heteroatoms. The molecule has 2 N–H and O–H groups in total. The number of likely N-dealkylation sites (tertiary alicyclic amines) is 1. The van der Waals surface area contributed by atoms with Gasteiger partial charge in [-0.2, -0.15) is 0 Å². The SMILES string of the molecule is CCCCNC(=O)[C@H]1CCCN1C(=O)c1ccc(NC(=O)c2ccccc2)cc1. The number of unbranched alkanes of at least 4 members (excludes halogenated alkanes) is 1. The standard InChI is InChI=1S/C23H27N3O3/c1-2-3-15-24-22(28)20-10-7-16-26(20)23(29)18-11-13-19(14-12-18)25-21(27)17-8-5-4-6-9-17/h4-6,8-9,11-14,20H,2-3,7,10,15-16H2,1H3,(H,24,28)(H,25,27)/t20-/m1/s1. The van der Waals surface area contributed by atoms with Crippen LogP contribution < -0.4 is 10.6 Å². The van der Waals surface area contributed by atoms with Gasteiger partial charge < -0.3 is 15.5 Å². The Morgan fingerprint density at radius 3 is 2.41 bits per heavy atom. The lowest BCUT2D eigenvalue weighted by Crippen LogP contribution is -2.46. The number of benzene rings is 2. The lowest BCUT2D eigenvalue weighted by molar-refractivity contribution is -0.124. The molecule has 1 fully saturated rings. The molecule has 3 rings (SSSR count). The molecule has 29 heavy (non-hydrogen) atoms. The van der Waals surface area contributed by atoms with Gasteiger partial charge in [0.05, 0.1) is 0 Å². The minimum atomic E-state index is -0.406. The lowest BCUT2D eigenvalue weighted by Gasteiger charge is -2.24. The summed E-state index contributed by atoms with van der Waals surface area (Å²) in [6.07, 6.45) is 3.46. The minimum absolute atomic E-state index is 0.0731. The maximum Gasteiger partial charge on any atom is 0.255 e. The molecule has 6 nitrogen and oxygen atoms in total. The van der Waals surface area contributed by atoms with E-state index < -0.39 is 6.04 Å². The van der Waals surface area contributed by atoms with E-state index in [1.807, 2.05) is 18.2 Å². The maximum atomic E-state index is 12.9. The van der Waals surface area contributed by atoms with Crippen molar-refractivity contribution >= 4 is 23.4 Å². The maximum absolute atomic E-state index is 12.9. The Balaban J connectivity index is 1.62. The Bertz CT molecular complexity index is 849. The third-order valence-electron chi connectivity index (χ3n) is 5.07. The monoisotopic (exact) mass is 393 g/mol. The summed E-state index contributed by atoms with van der Waals surface area (Å²) in [5, 5.41) is 5.75. The third-order valence-corrected chi connectivity index (χ3v) is 5.07. The first-order chi connectivity index (χ1) is 14.1. The predicted molar refractivity (Wildman–Crippen MR) is 113 cm³/mol. The van der Waals surface area contributed by atoms with Gasteiger partial charge in [-0.1, -0.05) is 31.5 Å². The molecule has 1 atom stereocenters. The number of anilines is 1. The van der Waals surface area contributed by atoms with Crippen LogP contribution in [0.25, 0.3) is 0 Å². The summed E-state index contributed by atoms with van der Waals surface area (Å²) in [7, 11) is 0. The van der Waals surface area contributed by atoms with E-state index in [4.69, 9.17) is 0 Å². The second-order valence-electron chi connectivity index (χ2n) is 7.20. The fourth-order valence-corrected chi connectivity index (χ4v) is 3.44. The van der Waals surface area contributed by atoms with E-state index >= 15 is 0 Å². The average molecular weight is 393 g/mol. The minimum Gasteiger partial charge on any atom is -0.354 e. The quantitative estimate of drug-likeness (QED) is 0.707. The molecule has 0 aliphatic carbocycles. The predicted octanol–water partition coefficient (Wildman–Crippen LogP) is 3.46. The van der Waals surface area contributed by atoms with Gasteiger partial charge in [0.1, 0.15) is 6.04 Å². The van der Waals surface area contributed by atoms with Gasteiger partial charge in [-0.25, -0.2) is 0 Å². The Morgan fingerprint density at radius 2 is 1.72 bits per heavy atom. The Kier molecular flexibility index (Phi) is 7.00. The van der Waals surface area contributed by atoms with Crippen LogP contribution >= 0.6 is 0 Å². The topological polar surface area (TPSA) is 78.5 Å². The van der Waals surface area contributed by atoms with Crippen LogP contribution in [-0.2, 0) is 4.79 Å². The summed E-state index contributed by atoms with van der Waals surface area (Å²) in [6, 6.07) is 15.3. The van der Waals surface area contributed by atoms with E-state index in [0.717, 1.165) is 19.3 Å². The fourth-order valence-electron chi connectivity index (χ4n) is 3.44. The number of nitrogens with one attached hydrogen (secondary N) is 2. The molecule has 0 aromatic heterocycles. The Labute approximate surface area is 171 Å². The van der Waals surface area contributed by atoms with Crippen molar-refractivity contribution in [2.45, 2.75) is 38.6 Å². The third kappa shape index (κ3) is 5.22. The number of rotatable bonds is 7. The van der Waals surface area contributed by atoms with Crippen LogP contribution in [0.5, 0.6) is 0 Å². The second-order valence-corrected chi connectivity index (χ2v) is 7.20. The summed E-state index contributed by atoms with van der Waals surface area (Å²) in [6.45, 7) is 3.30. The first kappa shape index (κ1) is 20.6. The summed E-state index contributed by atoms with van der Waals surface area (Å²) in [4.78, 5) is 39.2. The molecule has 1 aliphatic heterocycles. The van der Waals surface area contributed by atoms with Gasteiger partial charge in [-0.3, -0.25) is 14.4 Å². The van der Waals surface area contributed by atoms with Crippen LogP contribution in [0.1, 0.15) is 53.3 Å². The number of carbonyl (C=O) groups is 3. The van der Waals surface area contributed by atoms with Crippen LogP contribution in [-0.4, -0.2) is 41.8 Å². The van der Waals surface area contributed by atoms with Crippen molar-refractivity contribution in [1.82, 2.24) is 10.2 Å². The van der Waals surface area contributed by atoms with Gasteiger partial charge in [0.2, 0.25) is 5.91 Å². The number of amides is 3. The highest BCUT2D eigenvalue weighted by atomic mass is 16.2. The number of nitrogens with zero attached hydrogens (tertiary/aromatic N) is 1.